The molecule has 96 valence electrons. The number of nitrogens with zero attached hydrogens (tertiary/aromatic N) is 3. The van der Waals surface area contributed by atoms with Crippen LogP contribution in [0, 0.1) is 11.3 Å². The van der Waals surface area contributed by atoms with Crippen LogP contribution in [-0.2, 0) is 6.54 Å². The van der Waals surface area contributed by atoms with Gasteiger partial charge in [0, 0.05) is 19.1 Å². The summed E-state index contributed by atoms with van der Waals surface area (Å²) < 4.78 is 0. The number of hydrogen-bond acceptors (Lipinski definition) is 3. The molecule has 2 rings (SSSR count). The molecule has 0 N–H and O–H groups in total. The third kappa shape index (κ3) is 3.56. The monoisotopic (exact) mass is 243 g/mol. The molecular formula is C15H21N3. The highest BCUT2D eigenvalue weighted by atomic mass is 15.2. The molecule has 1 aliphatic rings. The van der Waals surface area contributed by atoms with E-state index in [0.717, 1.165) is 26.2 Å². The first-order valence-corrected chi connectivity index (χ1v) is 6.63. The van der Waals surface area contributed by atoms with E-state index in [-0.39, 0.29) is 0 Å². The van der Waals surface area contributed by atoms with Crippen molar-refractivity contribution in [2.24, 2.45) is 0 Å². The van der Waals surface area contributed by atoms with Gasteiger partial charge in [0.15, 0.2) is 0 Å². The van der Waals surface area contributed by atoms with Gasteiger partial charge < -0.3 is 4.90 Å². The van der Waals surface area contributed by atoms with Gasteiger partial charge in [-0.05, 0) is 32.1 Å². The van der Waals surface area contributed by atoms with E-state index in [9.17, 15) is 0 Å². The number of rotatable bonds is 3. The van der Waals surface area contributed by atoms with E-state index in [1.165, 1.54) is 12.0 Å². The minimum Gasteiger partial charge on any atom is -0.301 e. The number of nitriles is 1. The van der Waals surface area contributed by atoms with Gasteiger partial charge in [0.1, 0.15) is 0 Å². The Hall–Kier alpha value is -1.37. The first-order valence-electron chi connectivity index (χ1n) is 6.63. The summed E-state index contributed by atoms with van der Waals surface area (Å²) in [5, 5.41) is 8.91. The lowest BCUT2D eigenvalue weighted by atomic mass is 10.1. The highest BCUT2D eigenvalue weighted by Gasteiger charge is 2.21. The fraction of sp³-hybridized carbons (Fsp3) is 0.533. The number of hydrogen-bond donors (Lipinski definition) is 0. The van der Waals surface area contributed by atoms with Crippen LogP contribution in [0.4, 0.5) is 0 Å². The Kier molecular flexibility index (Phi) is 4.74. The maximum absolute atomic E-state index is 8.91. The number of benzene rings is 1. The topological polar surface area (TPSA) is 30.3 Å². The highest BCUT2D eigenvalue weighted by molar-refractivity contribution is 5.14. The summed E-state index contributed by atoms with van der Waals surface area (Å²) in [7, 11) is 2.13. The van der Waals surface area contributed by atoms with Crippen molar-refractivity contribution in [2.75, 3.05) is 26.7 Å². The SMILES string of the molecule is CN1CCCN(Cc2ccccc2)CC1CC#N. The molecule has 1 aromatic rings. The molecule has 0 radical (unpaired) electrons. The maximum Gasteiger partial charge on any atom is 0.0638 e. The molecular weight excluding hydrogens is 222 g/mol. The van der Waals surface area contributed by atoms with E-state index in [0.29, 0.717) is 12.5 Å². The minimum absolute atomic E-state index is 0.376. The van der Waals surface area contributed by atoms with Crippen molar-refractivity contribution in [3.8, 4) is 6.07 Å². The van der Waals surface area contributed by atoms with Crippen molar-refractivity contribution >= 4 is 0 Å². The quantitative estimate of drug-likeness (QED) is 0.814. The van der Waals surface area contributed by atoms with Crippen LogP contribution in [0.2, 0.25) is 0 Å². The molecule has 0 saturated carbocycles. The zero-order chi connectivity index (χ0) is 12.8. The zero-order valence-electron chi connectivity index (χ0n) is 11.0. The predicted octanol–water partition coefficient (Wildman–Crippen LogP) is 2.11. The van der Waals surface area contributed by atoms with Crippen molar-refractivity contribution in [3.05, 3.63) is 35.9 Å². The van der Waals surface area contributed by atoms with Crippen molar-refractivity contribution in [3.63, 3.8) is 0 Å². The van der Waals surface area contributed by atoms with Crippen molar-refractivity contribution in [1.82, 2.24) is 9.80 Å². The molecule has 1 unspecified atom stereocenters. The Bertz CT molecular complexity index is 396. The van der Waals surface area contributed by atoms with Crippen LogP contribution in [0.1, 0.15) is 18.4 Å². The lowest BCUT2D eigenvalue weighted by Crippen LogP contribution is -2.38. The van der Waals surface area contributed by atoms with Gasteiger partial charge in [-0.15, -0.1) is 0 Å². The Labute approximate surface area is 110 Å². The average molecular weight is 243 g/mol. The van der Waals surface area contributed by atoms with Gasteiger partial charge in [-0.3, -0.25) is 4.90 Å². The summed E-state index contributed by atoms with van der Waals surface area (Å²) in [5.74, 6) is 0. The summed E-state index contributed by atoms with van der Waals surface area (Å²) in [6, 6.07) is 13.3. The molecule has 18 heavy (non-hydrogen) atoms. The van der Waals surface area contributed by atoms with Crippen LogP contribution in [0.25, 0.3) is 0 Å². The molecule has 0 aliphatic carbocycles. The second-order valence-electron chi connectivity index (χ2n) is 5.07. The van der Waals surface area contributed by atoms with Crippen LogP contribution >= 0.6 is 0 Å². The zero-order valence-corrected chi connectivity index (χ0v) is 11.0. The van der Waals surface area contributed by atoms with Crippen LogP contribution in [0.15, 0.2) is 30.3 Å². The molecule has 1 saturated heterocycles. The lowest BCUT2D eigenvalue weighted by molar-refractivity contribution is 0.205. The van der Waals surface area contributed by atoms with E-state index >= 15 is 0 Å². The first-order chi connectivity index (χ1) is 8.79. The first kappa shape index (κ1) is 13.1. The summed E-state index contributed by atoms with van der Waals surface area (Å²) >= 11 is 0. The second-order valence-corrected chi connectivity index (χ2v) is 5.07. The van der Waals surface area contributed by atoms with Gasteiger partial charge in [-0.25, -0.2) is 0 Å². The van der Waals surface area contributed by atoms with E-state index in [1.807, 2.05) is 0 Å². The third-order valence-corrected chi connectivity index (χ3v) is 3.65. The predicted molar refractivity (Wildman–Crippen MR) is 73.0 cm³/mol. The molecule has 0 spiro atoms. The Morgan fingerprint density at radius 2 is 2.06 bits per heavy atom. The molecule has 1 fully saturated rings. The highest BCUT2D eigenvalue weighted by Crippen LogP contribution is 2.13. The summed E-state index contributed by atoms with van der Waals surface area (Å²) in [5.41, 5.74) is 1.36. The van der Waals surface area contributed by atoms with Crippen molar-refractivity contribution in [2.45, 2.75) is 25.4 Å². The molecule has 0 bridgehead atoms. The third-order valence-electron chi connectivity index (χ3n) is 3.65. The van der Waals surface area contributed by atoms with E-state index < -0.39 is 0 Å². The average Bonchev–Trinajstić information content (AvgIpc) is 2.54. The van der Waals surface area contributed by atoms with Crippen molar-refractivity contribution < 1.29 is 0 Å². The van der Waals surface area contributed by atoms with Gasteiger partial charge in [-0.2, -0.15) is 5.26 Å². The molecule has 1 aliphatic heterocycles. The Morgan fingerprint density at radius 1 is 1.28 bits per heavy atom. The van der Waals surface area contributed by atoms with Crippen molar-refractivity contribution in [1.29, 1.82) is 5.26 Å². The van der Waals surface area contributed by atoms with Gasteiger partial charge >= 0.3 is 0 Å². The van der Waals surface area contributed by atoms with Gasteiger partial charge in [0.2, 0.25) is 0 Å². The van der Waals surface area contributed by atoms with Gasteiger partial charge in [-0.1, -0.05) is 30.3 Å². The van der Waals surface area contributed by atoms with Gasteiger partial charge in [0.05, 0.1) is 12.5 Å². The van der Waals surface area contributed by atoms with E-state index in [1.54, 1.807) is 0 Å². The largest absolute Gasteiger partial charge is 0.301 e. The number of likely N-dealkylation sites (N-methyl/N-ethyl adjacent to an activating group) is 1. The lowest BCUT2D eigenvalue weighted by Gasteiger charge is -2.27. The Balaban J connectivity index is 1.98. The molecule has 3 heteroatoms. The van der Waals surface area contributed by atoms with Crippen LogP contribution in [0.5, 0.6) is 0 Å². The molecule has 0 amide bonds. The molecule has 0 aromatic heterocycles. The molecule has 1 atom stereocenters. The normalized spacial score (nSPS) is 22.3. The molecule has 1 heterocycles. The van der Waals surface area contributed by atoms with Gasteiger partial charge in [0.25, 0.3) is 0 Å². The minimum atomic E-state index is 0.376. The second kappa shape index (κ2) is 6.53. The maximum atomic E-state index is 8.91. The Morgan fingerprint density at radius 3 is 2.78 bits per heavy atom. The standard InChI is InChI=1S/C15H21N3/c1-17-10-5-11-18(13-15(17)8-9-16)12-14-6-3-2-4-7-14/h2-4,6-7,15H,5,8,10-13H2,1H3. The fourth-order valence-electron chi connectivity index (χ4n) is 2.57. The summed E-state index contributed by atoms with van der Waals surface area (Å²) in [4.78, 5) is 4.80. The fourth-order valence-corrected chi connectivity index (χ4v) is 2.57. The summed E-state index contributed by atoms with van der Waals surface area (Å²) in [6.45, 7) is 4.22. The molecule has 3 nitrogen and oxygen atoms in total. The van der Waals surface area contributed by atoms with Crippen LogP contribution in [0.3, 0.4) is 0 Å². The summed E-state index contributed by atoms with van der Waals surface area (Å²) in [6.07, 6.45) is 1.81. The smallest absolute Gasteiger partial charge is 0.0638 e. The van der Waals surface area contributed by atoms with E-state index in [2.05, 4.69) is 53.2 Å². The van der Waals surface area contributed by atoms with Crippen LogP contribution in [-0.4, -0.2) is 42.5 Å². The van der Waals surface area contributed by atoms with Crippen LogP contribution < -0.4 is 0 Å². The molecule has 1 aromatic carbocycles. The van der Waals surface area contributed by atoms with E-state index in [4.69, 9.17) is 5.26 Å².